The topological polar surface area (TPSA) is 26.3 Å². The summed E-state index contributed by atoms with van der Waals surface area (Å²) in [7, 11) is 0. The third-order valence-electron chi connectivity index (χ3n) is 4.81. The highest BCUT2D eigenvalue weighted by Gasteiger charge is 2.45. The van der Waals surface area contributed by atoms with Gasteiger partial charge >= 0.3 is 12.1 Å². The molecule has 0 aliphatic heterocycles. The Morgan fingerprint density at radius 1 is 1.00 bits per heavy atom. The summed E-state index contributed by atoms with van der Waals surface area (Å²) < 4.78 is 43.0. The number of fused-ring (bicyclic) bond motifs is 4. The van der Waals surface area contributed by atoms with Gasteiger partial charge in [-0.3, -0.25) is 0 Å². The largest absolute Gasteiger partial charge is 0.490 e. The average Bonchev–Trinajstić information content (AvgIpc) is 2.61. The highest BCUT2D eigenvalue weighted by molar-refractivity contribution is 9.10. The zero-order chi connectivity index (χ0) is 19.3. The number of alkyl halides is 5. The Hall–Kier alpha value is -1.60. The molecule has 140 valence electrons. The van der Waals surface area contributed by atoms with Crippen molar-refractivity contribution < 1.29 is 22.7 Å². The Bertz CT molecular complexity index is 1050. The van der Waals surface area contributed by atoms with E-state index >= 15 is 0 Å². The van der Waals surface area contributed by atoms with Crippen LogP contribution in [0.3, 0.4) is 0 Å². The first-order chi connectivity index (χ1) is 12.8. The molecule has 2 nitrogen and oxygen atoms in total. The van der Waals surface area contributed by atoms with Gasteiger partial charge in [-0.25, -0.2) is 4.79 Å². The second kappa shape index (κ2) is 6.78. The number of rotatable bonds is 1. The number of halogens is 5. The predicted octanol–water partition coefficient (Wildman–Crippen LogP) is 6.74. The maximum Gasteiger partial charge on any atom is 0.490 e. The molecule has 1 aliphatic carbocycles. The van der Waals surface area contributed by atoms with Crippen molar-refractivity contribution in [1.29, 1.82) is 0 Å². The Labute approximate surface area is 169 Å². The maximum atomic E-state index is 12.7. The highest BCUT2D eigenvalue weighted by atomic mass is 79.9. The standard InChI is InChI=1S/C20H13Br2F3O2/c21-15-9-16(22)18(27-19(26)20(23,24)25)13-6-5-12-7-10-3-1-2-4-11(10)8-14(12)17(13)15/h1-8,15-16,18H,9H2/t15-,16-,18-/m1/s1. The fourth-order valence-electron chi connectivity index (χ4n) is 3.60. The van der Waals surface area contributed by atoms with Crippen LogP contribution < -0.4 is 0 Å². The van der Waals surface area contributed by atoms with E-state index in [9.17, 15) is 18.0 Å². The van der Waals surface area contributed by atoms with Gasteiger partial charge in [-0.05, 0) is 51.2 Å². The van der Waals surface area contributed by atoms with Gasteiger partial charge in [0, 0.05) is 4.83 Å². The van der Waals surface area contributed by atoms with E-state index in [0.29, 0.717) is 12.0 Å². The van der Waals surface area contributed by atoms with E-state index in [4.69, 9.17) is 4.74 Å². The molecule has 1 aliphatic rings. The summed E-state index contributed by atoms with van der Waals surface area (Å²) >= 11 is 7.04. The Morgan fingerprint density at radius 3 is 2.33 bits per heavy atom. The second-order valence-electron chi connectivity index (χ2n) is 6.53. The van der Waals surface area contributed by atoms with Crippen molar-refractivity contribution in [2.75, 3.05) is 0 Å². The van der Waals surface area contributed by atoms with Gasteiger partial charge in [0.25, 0.3) is 0 Å². The van der Waals surface area contributed by atoms with Gasteiger partial charge in [0.15, 0.2) is 0 Å². The number of carbonyl (C=O) groups excluding carboxylic acids is 1. The van der Waals surface area contributed by atoms with Crippen LogP contribution in [0.25, 0.3) is 21.5 Å². The van der Waals surface area contributed by atoms with Crippen LogP contribution in [-0.2, 0) is 9.53 Å². The van der Waals surface area contributed by atoms with Crippen LogP contribution in [0.15, 0.2) is 48.5 Å². The molecule has 0 fully saturated rings. The molecule has 0 N–H and O–H groups in total. The first kappa shape index (κ1) is 18.7. The zero-order valence-electron chi connectivity index (χ0n) is 13.8. The Kier molecular flexibility index (Phi) is 4.71. The number of hydrogen-bond acceptors (Lipinski definition) is 2. The molecule has 0 aromatic heterocycles. The maximum absolute atomic E-state index is 12.7. The smallest absolute Gasteiger partial charge is 0.450 e. The van der Waals surface area contributed by atoms with Gasteiger partial charge in [0.2, 0.25) is 0 Å². The summed E-state index contributed by atoms with van der Waals surface area (Å²) in [6.07, 6.45) is -5.53. The van der Waals surface area contributed by atoms with Crippen molar-refractivity contribution in [3.05, 3.63) is 59.7 Å². The second-order valence-corrected chi connectivity index (χ2v) is 8.81. The molecular weight excluding hydrogens is 489 g/mol. The van der Waals surface area contributed by atoms with Gasteiger partial charge in [-0.15, -0.1) is 0 Å². The van der Waals surface area contributed by atoms with E-state index in [1.54, 1.807) is 6.07 Å². The highest BCUT2D eigenvalue weighted by Crippen LogP contribution is 2.49. The summed E-state index contributed by atoms with van der Waals surface area (Å²) in [4.78, 5) is 10.9. The molecule has 0 saturated carbocycles. The minimum atomic E-state index is -5.02. The van der Waals surface area contributed by atoms with Crippen LogP contribution in [0.2, 0.25) is 0 Å². The van der Waals surface area contributed by atoms with E-state index in [2.05, 4.69) is 37.9 Å². The van der Waals surface area contributed by atoms with E-state index in [0.717, 1.165) is 27.1 Å². The molecule has 3 atom stereocenters. The number of benzene rings is 3. The molecule has 3 aromatic rings. The molecule has 27 heavy (non-hydrogen) atoms. The molecule has 0 saturated heterocycles. The Morgan fingerprint density at radius 2 is 1.67 bits per heavy atom. The van der Waals surface area contributed by atoms with Crippen LogP contribution >= 0.6 is 31.9 Å². The summed E-state index contributed by atoms with van der Waals surface area (Å²) in [5, 5.41) is 4.07. The first-order valence-corrected chi connectivity index (χ1v) is 10.1. The predicted molar refractivity (Wildman–Crippen MR) is 105 cm³/mol. The molecule has 0 bridgehead atoms. The van der Waals surface area contributed by atoms with E-state index in [1.807, 2.05) is 36.4 Å². The minimum absolute atomic E-state index is 0.0671. The van der Waals surface area contributed by atoms with Crippen LogP contribution in [0.5, 0.6) is 0 Å². The molecule has 4 rings (SSSR count). The van der Waals surface area contributed by atoms with E-state index in [-0.39, 0.29) is 4.83 Å². The summed E-state index contributed by atoms with van der Waals surface area (Å²) in [6.45, 7) is 0. The van der Waals surface area contributed by atoms with E-state index < -0.39 is 23.1 Å². The monoisotopic (exact) mass is 500 g/mol. The zero-order valence-corrected chi connectivity index (χ0v) is 16.9. The Balaban J connectivity index is 1.89. The molecular formula is C20H13Br2F3O2. The molecule has 0 spiro atoms. The van der Waals surface area contributed by atoms with Crippen LogP contribution in [0, 0.1) is 0 Å². The lowest BCUT2D eigenvalue weighted by Crippen LogP contribution is -2.32. The lowest BCUT2D eigenvalue weighted by molar-refractivity contribution is -0.205. The van der Waals surface area contributed by atoms with Crippen LogP contribution in [-0.4, -0.2) is 17.0 Å². The SMILES string of the molecule is O=C(O[C@@H]1c2ccc3cc4ccccc4cc3c2[C@H](Br)C[C@H]1Br)C(F)(F)F. The van der Waals surface area contributed by atoms with Crippen molar-refractivity contribution in [2.45, 2.75) is 28.4 Å². The van der Waals surface area contributed by atoms with Crippen molar-refractivity contribution >= 4 is 59.4 Å². The molecule has 7 heteroatoms. The van der Waals surface area contributed by atoms with Gasteiger partial charge in [-0.2, -0.15) is 13.2 Å². The number of ether oxygens (including phenoxy) is 1. The molecule has 0 amide bonds. The number of esters is 1. The fourth-order valence-corrected chi connectivity index (χ4v) is 5.79. The summed E-state index contributed by atoms with van der Waals surface area (Å²) in [6, 6.07) is 15.6. The van der Waals surface area contributed by atoms with Gasteiger partial charge in [-0.1, -0.05) is 68.3 Å². The molecule has 0 radical (unpaired) electrons. The minimum Gasteiger partial charge on any atom is -0.450 e. The average molecular weight is 502 g/mol. The van der Waals surface area contributed by atoms with Crippen LogP contribution in [0.4, 0.5) is 13.2 Å². The third kappa shape index (κ3) is 3.36. The van der Waals surface area contributed by atoms with Crippen molar-refractivity contribution in [1.82, 2.24) is 0 Å². The van der Waals surface area contributed by atoms with Crippen molar-refractivity contribution in [3.63, 3.8) is 0 Å². The normalized spacial score (nSPS) is 22.6. The third-order valence-corrected chi connectivity index (χ3v) is 6.49. The number of carbonyl (C=O) groups is 1. The lowest BCUT2D eigenvalue weighted by Gasteiger charge is -2.33. The van der Waals surface area contributed by atoms with Crippen molar-refractivity contribution in [2.24, 2.45) is 0 Å². The molecule has 0 unspecified atom stereocenters. The molecule has 3 aromatic carbocycles. The molecule has 0 heterocycles. The van der Waals surface area contributed by atoms with Crippen molar-refractivity contribution in [3.8, 4) is 0 Å². The summed E-state index contributed by atoms with van der Waals surface area (Å²) in [5.74, 6) is -2.17. The van der Waals surface area contributed by atoms with Gasteiger partial charge < -0.3 is 4.74 Å². The summed E-state index contributed by atoms with van der Waals surface area (Å²) in [5.41, 5.74) is 1.46. The van der Waals surface area contributed by atoms with Gasteiger partial charge in [0.1, 0.15) is 6.10 Å². The van der Waals surface area contributed by atoms with Gasteiger partial charge in [0.05, 0.1) is 4.83 Å². The fraction of sp³-hybridized carbons (Fsp3) is 0.250. The lowest BCUT2D eigenvalue weighted by atomic mass is 9.85. The quantitative estimate of drug-likeness (QED) is 0.209. The first-order valence-electron chi connectivity index (χ1n) is 8.27. The van der Waals surface area contributed by atoms with Crippen LogP contribution in [0.1, 0.15) is 28.5 Å². The van der Waals surface area contributed by atoms with E-state index in [1.165, 1.54) is 0 Å². The number of hydrogen-bond donors (Lipinski definition) is 0.